The molecule has 0 amide bonds. The highest BCUT2D eigenvalue weighted by Crippen LogP contribution is 2.17. The smallest absolute Gasteiger partial charge is 0.271 e. The number of aromatic nitrogens is 2. The number of rotatable bonds is 8. The Kier molecular flexibility index (Phi) is 6.36. The Morgan fingerprint density at radius 3 is 2.25 bits per heavy atom. The van der Waals surface area contributed by atoms with E-state index in [9.17, 15) is 8.42 Å². The van der Waals surface area contributed by atoms with Crippen molar-refractivity contribution in [2.24, 2.45) is 0 Å². The Morgan fingerprint density at radius 2 is 1.67 bits per heavy atom. The second-order valence-electron chi connectivity index (χ2n) is 4.79. The maximum absolute atomic E-state index is 12.1. The van der Waals surface area contributed by atoms with Crippen LogP contribution in [0.2, 0.25) is 0 Å². The third kappa shape index (κ3) is 5.33. The fraction of sp³-hybridized carbons (Fsp3) is 0.333. The topological polar surface area (TPSA) is 87.6 Å². The van der Waals surface area contributed by atoms with E-state index in [-0.39, 0.29) is 29.9 Å². The highest BCUT2D eigenvalue weighted by Gasteiger charge is 2.15. The summed E-state index contributed by atoms with van der Waals surface area (Å²) in [6.45, 7) is -0.314. The van der Waals surface area contributed by atoms with Gasteiger partial charge in [-0.1, -0.05) is 24.3 Å². The predicted octanol–water partition coefficient (Wildman–Crippen LogP) is 2.28. The van der Waals surface area contributed by atoms with Crippen LogP contribution in [-0.2, 0) is 32.5 Å². The summed E-state index contributed by atoms with van der Waals surface area (Å²) in [5, 5.41) is 0. The van der Waals surface area contributed by atoms with Gasteiger partial charge in [0, 0.05) is 5.88 Å². The van der Waals surface area contributed by atoms with E-state index in [1.807, 2.05) is 6.07 Å². The van der Waals surface area contributed by atoms with E-state index < -0.39 is 10.1 Å². The molecule has 1 aromatic carbocycles. The van der Waals surface area contributed by atoms with Crippen molar-refractivity contribution >= 4 is 21.7 Å². The molecule has 2 aromatic rings. The molecule has 0 unspecified atom stereocenters. The van der Waals surface area contributed by atoms with E-state index in [0.29, 0.717) is 11.4 Å². The second-order valence-corrected chi connectivity index (χ2v) is 6.69. The molecule has 24 heavy (non-hydrogen) atoms. The average molecular weight is 373 g/mol. The van der Waals surface area contributed by atoms with E-state index >= 15 is 0 Å². The highest BCUT2D eigenvalue weighted by atomic mass is 35.5. The minimum Gasteiger partial charge on any atom is -0.481 e. The van der Waals surface area contributed by atoms with Crippen molar-refractivity contribution in [3.8, 4) is 11.8 Å². The zero-order valence-corrected chi connectivity index (χ0v) is 14.8. The third-order valence-electron chi connectivity index (χ3n) is 3.00. The normalized spacial score (nSPS) is 11.3. The number of hydrogen-bond donors (Lipinski definition) is 0. The van der Waals surface area contributed by atoms with Gasteiger partial charge in [0.05, 0.1) is 20.3 Å². The molecular weight excluding hydrogens is 356 g/mol. The molecule has 0 aliphatic rings. The van der Waals surface area contributed by atoms with Gasteiger partial charge in [-0.3, -0.25) is 4.18 Å². The van der Waals surface area contributed by atoms with Crippen LogP contribution in [0.4, 0.5) is 0 Å². The van der Waals surface area contributed by atoms with Gasteiger partial charge in [-0.2, -0.15) is 18.4 Å². The Hall–Kier alpha value is -1.90. The molecule has 0 aliphatic heterocycles. The average Bonchev–Trinajstić information content (AvgIpc) is 2.59. The number of halogens is 1. The van der Waals surface area contributed by atoms with Crippen LogP contribution < -0.4 is 9.47 Å². The lowest BCUT2D eigenvalue weighted by atomic mass is 10.2. The zero-order valence-electron chi connectivity index (χ0n) is 13.2. The number of hydrogen-bond acceptors (Lipinski definition) is 7. The summed E-state index contributed by atoms with van der Waals surface area (Å²) in [6, 6.07) is 8.47. The van der Waals surface area contributed by atoms with Crippen LogP contribution in [0.15, 0.2) is 30.3 Å². The van der Waals surface area contributed by atoms with Crippen LogP contribution >= 0.6 is 11.6 Å². The maximum atomic E-state index is 12.1. The van der Waals surface area contributed by atoms with Crippen molar-refractivity contribution in [2.75, 3.05) is 14.2 Å². The standard InChI is InChI=1S/C15H17ClN2O5S/c1-21-14-7-15(22-2)18-13(17-14)9-23-24(19,20)10-12-5-3-4-11(6-12)8-16/h3-7H,8-10H2,1-2H3. The molecule has 0 saturated heterocycles. The Bertz CT molecular complexity index is 776. The summed E-state index contributed by atoms with van der Waals surface area (Å²) < 4.78 is 39.2. The number of ether oxygens (including phenoxy) is 2. The Labute approximate surface area is 145 Å². The number of alkyl halides is 1. The molecule has 7 nitrogen and oxygen atoms in total. The first-order valence-electron chi connectivity index (χ1n) is 6.92. The van der Waals surface area contributed by atoms with E-state index in [0.717, 1.165) is 5.56 Å². The van der Waals surface area contributed by atoms with Crippen LogP contribution in [0.25, 0.3) is 0 Å². The fourth-order valence-corrected chi connectivity index (χ4v) is 3.04. The molecule has 1 heterocycles. The van der Waals surface area contributed by atoms with Gasteiger partial charge < -0.3 is 9.47 Å². The van der Waals surface area contributed by atoms with Crippen LogP contribution in [0.3, 0.4) is 0 Å². The van der Waals surface area contributed by atoms with Gasteiger partial charge in [-0.25, -0.2) is 0 Å². The number of nitrogens with zero attached hydrogens (tertiary/aromatic N) is 2. The van der Waals surface area contributed by atoms with Gasteiger partial charge in [0.25, 0.3) is 10.1 Å². The summed E-state index contributed by atoms with van der Waals surface area (Å²) in [7, 11) is -0.927. The van der Waals surface area contributed by atoms with Crippen LogP contribution in [-0.4, -0.2) is 32.6 Å². The van der Waals surface area contributed by atoms with Crippen LogP contribution in [0, 0.1) is 0 Å². The first-order chi connectivity index (χ1) is 11.5. The van der Waals surface area contributed by atoms with Crippen molar-refractivity contribution in [1.82, 2.24) is 9.97 Å². The molecular formula is C15H17ClN2O5S. The summed E-state index contributed by atoms with van der Waals surface area (Å²) >= 11 is 5.75. The van der Waals surface area contributed by atoms with E-state index in [1.54, 1.807) is 18.2 Å². The Morgan fingerprint density at radius 1 is 1.04 bits per heavy atom. The summed E-state index contributed by atoms with van der Waals surface area (Å²) in [6.07, 6.45) is 0. The molecule has 2 rings (SSSR count). The largest absolute Gasteiger partial charge is 0.481 e. The molecule has 0 aliphatic carbocycles. The lowest BCUT2D eigenvalue weighted by Crippen LogP contribution is -2.11. The third-order valence-corrected chi connectivity index (χ3v) is 4.47. The van der Waals surface area contributed by atoms with Crippen LogP contribution in [0.1, 0.15) is 17.0 Å². The first kappa shape index (κ1) is 18.4. The number of methoxy groups -OCH3 is 2. The summed E-state index contributed by atoms with van der Waals surface area (Å²) in [5.41, 5.74) is 1.43. The van der Waals surface area contributed by atoms with Crippen molar-refractivity contribution in [2.45, 2.75) is 18.2 Å². The number of benzene rings is 1. The van der Waals surface area contributed by atoms with Gasteiger partial charge in [0.15, 0.2) is 5.82 Å². The molecule has 1 aromatic heterocycles. The maximum Gasteiger partial charge on any atom is 0.271 e. The monoisotopic (exact) mass is 372 g/mol. The molecule has 0 N–H and O–H groups in total. The van der Waals surface area contributed by atoms with Gasteiger partial charge in [-0.15, -0.1) is 11.6 Å². The molecule has 9 heteroatoms. The molecule has 0 atom stereocenters. The quantitative estimate of drug-likeness (QED) is 0.518. The van der Waals surface area contributed by atoms with Crippen molar-refractivity contribution in [3.05, 3.63) is 47.3 Å². The SMILES string of the molecule is COc1cc(OC)nc(COS(=O)(=O)Cc2cccc(CCl)c2)n1. The van der Waals surface area contributed by atoms with E-state index in [2.05, 4.69) is 9.97 Å². The minimum atomic E-state index is -3.80. The van der Waals surface area contributed by atoms with Crippen molar-refractivity contribution in [3.63, 3.8) is 0 Å². The summed E-state index contributed by atoms with van der Waals surface area (Å²) in [5.74, 6) is 0.704. The summed E-state index contributed by atoms with van der Waals surface area (Å²) in [4.78, 5) is 8.03. The lowest BCUT2D eigenvalue weighted by molar-refractivity contribution is 0.289. The van der Waals surface area contributed by atoms with Gasteiger partial charge in [0.2, 0.25) is 11.8 Å². The van der Waals surface area contributed by atoms with Gasteiger partial charge in [0.1, 0.15) is 12.4 Å². The van der Waals surface area contributed by atoms with Crippen LogP contribution in [0.5, 0.6) is 11.8 Å². The minimum absolute atomic E-state index is 0.143. The van der Waals surface area contributed by atoms with Gasteiger partial charge in [-0.05, 0) is 11.1 Å². The fourth-order valence-electron chi connectivity index (χ4n) is 1.91. The lowest BCUT2D eigenvalue weighted by Gasteiger charge is -2.08. The molecule has 0 radical (unpaired) electrons. The Balaban J connectivity index is 2.07. The van der Waals surface area contributed by atoms with Gasteiger partial charge >= 0.3 is 0 Å². The highest BCUT2D eigenvalue weighted by molar-refractivity contribution is 7.85. The van der Waals surface area contributed by atoms with E-state index in [1.165, 1.54) is 20.3 Å². The van der Waals surface area contributed by atoms with E-state index in [4.69, 9.17) is 25.3 Å². The van der Waals surface area contributed by atoms with Crippen molar-refractivity contribution in [1.29, 1.82) is 0 Å². The molecule has 0 saturated carbocycles. The zero-order chi connectivity index (χ0) is 17.6. The predicted molar refractivity (Wildman–Crippen MR) is 88.5 cm³/mol. The second kappa shape index (κ2) is 8.27. The molecule has 0 spiro atoms. The first-order valence-corrected chi connectivity index (χ1v) is 9.04. The molecule has 130 valence electrons. The van der Waals surface area contributed by atoms with Crippen molar-refractivity contribution < 1.29 is 22.1 Å². The molecule has 0 bridgehead atoms. The molecule has 0 fully saturated rings.